The van der Waals surface area contributed by atoms with Gasteiger partial charge in [-0.25, -0.2) is 0 Å². The van der Waals surface area contributed by atoms with Gasteiger partial charge in [0.25, 0.3) is 5.69 Å². The Balaban J connectivity index is 2.20. The van der Waals surface area contributed by atoms with Crippen molar-refractivity contribution in [1.29, 1.82) is 0 Å². The van der Waals surface area contributed by atoms with E-state index < -0.39 is 4.92 Å². The number of anilines is 2. The van der Waals surface area contributed by atoms with Gasteiger partial charge in [-0.05, 0) is 18.9 Å². The lowest BCUT2D eigenvalue weighted by Gasteiger charge is -2.17. The van der Waals surface area contributed by atoms with Crippen LogP contribution in [0.25, 0.3) is 0 Å². The van der Waals surface area contributed by atoms with E-state index in [0.29, 0.717) is 11.4 Å². The number of nitrogens with zero attached hydrogens (tertiary/aromatic N) is 1. The monoisotopic (exact) mass is 223 g/mol. The van der Waals surface area contributed by atoms with Gasteiger partial charge < -0.3 is 16.2 Å². The summed E-state index contributed by atoms with van der Waals surface area (Å²) in [6.07, 6.45) is 1.78. The van der Waals surface area contributed by atoms with Crippen LogP contribution in [0.15, 0.2) is 18.2 Å². The molecule has 0 heterocycles. The van der Waals surface area contributed by atoms with Crippen LogP contribution in [-0.4, -0.2) is 22.2 Å². The molecule has 86 valence electrons. The quantitative estimate of drug-likeness (QED) is 0.403. The Morgan fingerprint density at radius 1 is 1.56 bits per heavy atom. The molecule has 1 fully saturated rings. The Hall–Kier alpha value is -1.82. The fourth-order valence-electron chi connectivity index (χ4n) is 1.54. The van der Waals surface area contributed by atoms with Crippen molar-refractivity contribution in [3.8, 4) is 0 Å². The van der Waals surface area contributed by atoms with Gasteiger partial charge in [0.15, 0.2) is 0 Å². The molecular formula is C10H13N3O3. The smallest absolute Gasteiger partial charge is 0.271 e. The fourth-order valence-corrected chi connectivity index (χ4v) is 1.54. The highest BCUT2D eigenvalue weighted by atomic mass is 16.6. The average Bonchev–Trinajstić information content (AvgIpc) is 3.01. The molecule has 1 saturated carbocycles. The summed E-state index contributed by atoms with van der Waals surface area (Å²) in [6, 6.07) is 4.28. The zero-order valence-corrected chi connectivity index (χ0v) is 8.64. The molecule has 0 aliphatic heterocycles. The lowest BCUT2D eigenvalue weighted by molar-refractivity contribution is -0.384. The Bertz CT molecular complexity index is 429. The zero-order chi connectivity index (χ0) is 11.8. The SMILES string of the molecule is Nc1cc([N+](=O)[O-])ccc1NC1(CO)CC1. The normalized spacial score (nSPS) is 16.8. The molecule has 1 aliphatic carbocycles. The number of hydrogen-bond donors (Lipinski definition) is 3. The van der Waals surface area contributed by atoms with E-state index in [2.05, 4.69) is 5.32 Å². The van der Waals surface area contributed by atoms with E-state index in [4.69, 9.17) is 10.8 Å². The molecule has 0 aromatic heterocycles. The first kappa shape index (κ1) is 10.7. The van der Waals surface area contributed by atoms with E-state index in [0.717, 1.165) is 12.8 Å². The Morgan fingerprint density at radius 2 is 2.25 bits per heavy atom. The van der Waals surface area contributed by atoms with Crippen LogP contribution in [0.2, 0.25) is 0 Å². The lowest BCUT2D eigenvalue weighted by atomic mass is 10.2. The number of nitrogens with two attached hydrogens (primary N) is 1. The summed E-state index contributed by atoms with van der Waals surface area (Å²) < 4.78 is 0. The summed E-state index contributed by atoms with van der Waals surface area (Å²) in [5.41, 5.74) is 6.36. The molecule has 0 saturated heterocycles. The van der Waals surface area contributed by atoms with Crippen molar-refractivity contribution in [2.45, 2.75) is 18.4 Å². The number of nitrogens with one attached hydrogen (secondary N) is 1. The van der Waals surface area contributed by atoms with E-state index in [1.54, 1.807) is 6.07 Å². The van der Waals surface area contributed by atoms with Crippen molar-refractivity contribution in [3.63, 3.8) is 0 Å². The molecule has 0 radical (unpaired) electrons. The summed E-state index contributed by atoms with van der Waals surface area (Å²) in [6.45, 7) is 0.0451. The molecule has 1 aromatic rings. The molecule has 0 bridgehead atoms. The average molecular weight is 223 g/mol. The van der Waals surface area contributed by atoms with Crippen LogP contribution in [0.3, 0.4) is 0 Å². The van der Waals surface area contributed by atoms with Crippen LogP contribution in [0.1, 0.15) is 12.8 Å². The maximum atomic E-state index is 10.5. The standard InChI is InChI=1S/C10H13N3O3/c11-8-5-7(13(15)16)1-2-9(8)12-10(6-14)3-4-10/h1-2,5,12,14H,3-4,6,11H2. The zero-order valence-electron chi connectivity index (χ0n) is 8.64. The maximum absolute atomic E-state index is 10.5. The summed E-state index contributed by atoms with van der Waals surface area (Å²) in [4.78, 5) is 10.0. The van der Waals surface area contributed by atoms with E-state index in [-0.39, 0.29) is 17.8 Å². The van der Waals surface area contributed by atoms with Gasteiger partial charge in [0.2, 0.25) is 0 Å². The van der Waals surface area contributed by atoms with Crippen molar-refractivity contribution in [1.82, 2.24) is 0 Å². The fraction of sp³-hybridized carbons (Fsp3) is 0.400. The number of nitro groups is 1. The van der Waals surface area contributed by atoms with Gasteiger partial charge in [0.1, 0.15) is 0 Å². The van der Waals surface area contributed by atoms with Crippen molar-refractivity contribution < 1.29 is 10.0 Å². The second kappa shape index (κ2) is 3.64. The minimum Gasteiger partial charge on any atom is -0.397 e. The third-order valence-electron chi connectivity index (χ3n) is 2.80. The lowest BCUT2D eigenvalue weighted by Crippen LogP contribution is -2.26. The molecule has 4 N–H and O–H groups in total. The predicted molar refractivity (Wildman–Crippen MR) is 60.2 cm³/mol. The minimum absolute atomic E-state index is 0.0307. The van der Waals surface area contributed by atoms with E-state index in [1.807, 2.05) is 0 Å². The van der Waals surface area contributed by atoms with Crippen LogP contribution in [0.4, 0.5) is 17.1 Å². The molecule has 0 unspecified atom stereocenters. The second-order valence-corrected chi connectivity index (χ2v) is 4.09. The van der Waals surface area contributed by atoms with Gasteiger partial charge in [-0.2, -0.15) is 0 Å². The van der Waals surface area contributed by atoms with Crippen LogP contribution in [-0.2, 0) is 0 Å². The molecule has 6 heteroatoms. The molecule has 2 rings (SSSR count). The maximum Gasteiger partial charge on any atom is 0.271 e. The highest BCUT2D eigenvalue weighted by Gasteiger charge is 2.42. The molecule has 1 aliphatic rings. The van der Waals surface area contributed by atoms with Crippen LogP contribution in [0.5, 0.6) is 0 Å². The van der Waals surface area contributed by atoms with Gasteiger partial charge in [0, 0.05) is 12.1 Å². The highest BCUT2D eigenvalue weighted by Crippen LogP contribution is 2.40. The third-order valence-corrected chi connectivity index (χ3v) is 2.80. The summed E-state index contributed by atoms with van der Waals surface area (Å²) in [5.74, 6) is 0. The second-order valence-electron chi connectivity index (χ2n) is 4.09. The highest BCUT2D eigenvalue weighted by molar-refractivity contribution is 5.70. The number of hydrogen-bond acceptors (Lipinski definition) is 5. The molecule has 0 spiro atoms. The molecular weight excluding hydrogens is 210 g/mol. The number of nitro benzene ring substituents is 1. The molecule has 6 nitrogen and oxygen atoms in total. The van der Waals surface area contributed by atoms with E-state index >= 15 is 0 Å². The first-order chi connectivity index (χ1) is 7.56. The first-order valence-electron chi connectivity index (χ1n) is 4.99. The van der Waals surface area contributed by atoms with E-state index in [1.165, 1.54) is 12.1 Å². The van der Waals surface area contributed by atoms with Gasteiger partial charge >= 0.3 is 0 Å². The van der Waals surface area contributed by atoms with Gasteiger partial charge in [-0.1, -0.05) is 0 Å². The minimum atomic E-state index is -0.487. The number of aliphatic hydroxyl groups is 1. The Kier molecular flexibility index (Phi) is 2.43. The molecule has 1 aromatic carbocycles. The number of benzene rings is 1. The van der Waals surface area contributed by atoms with Crippen molar-refractivity contribution in [2.24, 2.45) is 0 Å². The van der Waals surface area contributed by atoms with Crippen molar-refractivity contribution in [2.75, 3.05) is 17.7 Å². The van der Waals surface area contributed by atoms with E-state index in [9.17, 15) is 10.1 Å². The van der Waals surface area contributed by atoms with Gasteiger partial charge in [-0.3, -0.25) is 10.1 Å². The van der Waals surface area contributed by atoms with Gasteiger partial charge in [-0.15, -0.1) is 0 Å². The van der Waals surface area contributed by atoms with Crippen LogP contribution >= 0.6 is 0 Å². The molecule has 0 amide bonds. The molecule has 0 atom stereocenters. The van der Waals surface area contributed by atoms with Crippen molar-refractivity contribution in [3.05, 3.63) is 28.3 Å². The topological polar surface area (TPSA) is 101 Å². The number of aliphatic hydroxyl groups excluding tert-OH is 1. The van der Waals surface area contributed by atoms with Crippen LogP contribution < -0.4 is 11.1 Å². The first-order valence-corrected chi connectivity index (χ1v) is 4.99. The Labute approximate surface area is 92.2 Å². The summed E-state index contributed by atoms with van der Waals surface area (Å²) >= 11 is 0. The number of nitrogen functional groups attached to an aromatic ring is 1. The summed E-state index contributed by atoms with van der Waals surface area (Å²) in [5, 5.41) is 22.8. The predicted octanol–water partition coefficient (Wildman–Crippen LogP) is 1.11. The summed E-state index contributed by atoms with van der Waals surface area (Å²) in [7, 11) is 0. The number of non-ortho nitro benzene ring substituents is 1. The Morgan fingerprint density at radius 3 is 2.69 bits per heavy atom. The van der Waals surface area contributed by atoms with Gasteiger partial charge in [0.05, 0.1) is 28.4 Å². The van der Waals surface area contributed by atoms with Crippen molar-refractivity contribution >= 4 is 17.1 Å². The third kappa shape index (κ3) is 1.92. The largest absolute Gasteiger partial charge is 0.397 e. The molecule has 16 heavy (non-hydrogen) atoms. The van der Waals surface area contributed by atoms with Crippen LogP contribution in [0, 0.1) is 10.1 Å². The number of rotatable bonds is 4.